The van der Waals surface area contributed by atoms with Crippen LogP contribution in [0.1, 0.15) is 15.9 Å². The zero-order valence-corrected chi connectivity index (χ0v) is 12.7. The van der Waals surface area contributed by atoms with Crippen LogP contribution in [0.3, 0.4) is 0 Å². The lowest BCUT2D eigenvalue weighted by Crippen LogP contribution is -2.49. The summed E-state index contributed by atoms with van der Waals surface area (Å²) in [6, 6.07) is 5.30. The van der Waals surface area contributed by atoms with E-state index >= 15 is 0 Å². The molecular weight excluding hydrogens is 308 g/mol. The highest BCUT2D eigenvalue weighted by Crippen LogP contribution is 2.23. The number of phenolic OH excluding ortho intramolecular Hbond substituents is 1. The van der Waals surface area contributed by atoms with Crippen molar-refractivity contribution in [3.63, 3.8) is 0 Å². The van der Waals surface area contributed by atoms with Crippen LogP contribution in [-0.2, 0) is 0 Å². The molecule has 1 aliphatic heterocycles. The molecule has 0 atom stereocenters. The Hall–Kier alpha value is -1.07. The van der Waals surface area contributed by atoms with Crippen molar-refractivity contribution >= 4 is 21.8 Å². The Morgan fingerprint density at radius 1 is 1.32 bits per heavy atom. The molecule has 1 aromatic rings. The molecule has 4 nitrogen and oxygen atoms in total. The fourth-order valence-corrected chi connectivity index (χ4v) is 2.80. The second kappa shape index (κ2) is 6.39. The van der Waals surface area contributed by atoms with E-state index in [-0.39, 0.29) is 11.7 Å². The zero-order valence-electron chi connectivity index (χ0n) is 11.1. The van der Waals surface area contributed by atoms with Gasteiger partial charge in [-0.05, 0) is 18.6 Å². The molecule has 0 radical (unpaired) electrons. The van der Waals surface area contributed by atoms with Crippen LogP contribution in [0.4, 0.5) is 0 Å². The van der Waals surface area contributed by atoms with Gasteiger partial charge >= 0.3 is 0 Å². The second-order valence-electron chi connectivity index (χ2n) is 4.79. The maximum Gasteiger partial charge on any atom is 0.257 e. The van der Waals surface area contributed by atoms with Crippen LogP contribution >= 0.6 is 15.9 Å². The molecule has 1 aromatic carbocycles. The van der Waals surface area contributed by atoms with E-state index in [0.717, 1.165) is 43.6 Å². The molecule has 0 saturated carbocycles. The van der Waals surface area contributed by atoms with Gasteiger partial charge in [0.1, 0.15) is 5.75 Å². The number of phenols is 1. The molecule has 0 spiro atoms. The Morgan fingerprint density at radius 3 is 2.63 bits per heavy atom. The quantitative estimate of drug-likeness (QED) is 0.862. The molecule has 19 heavy (non-hydrogen) atoms. The first-order chi connectivity index (χ1) is 9.13. The molecule has 0 bridgehead atoms. The largest absolute Gasteiger partial charge is 0.507 e. The molecule has 0 unspecified atom stereocenters. The summed E-state index contributed by atoms with van der Waals surface area (Å²) in [6.45, 7) is 6.05. The van der Waals surface area contributed by atoms with Gasteiger partial charge in [0.15, 0.2) is 0 Å². The number of rotatable bonds is 3. The molecule has 1 amide bonds. The van der Waals surface area contributed by atoms with E-state index < -0.39 is 0 Å². The Morgan fingerprint density at radius 2 is 2.00 bits per heavy atom. The van der Waals surface area contributed by atoms with Crippen LogP contribution in [0.25, 0.3) is 0 Å². The average Bonchev–Trinajstić information content (AvgIpc) is 2.42. The SMILES string of the molecule is Cc1cccc(C(=O)N2CCN(CCBr)CC2)c1O. The van der Waals surface area contributed by atoms with Gasteiger partial charge in [-0.2, -0.15) is 0 Å². The maximum atomic E-state index is 12.4. The lowest BCUT2D eigenvalue weighted by atomic mass is 10.1. The number of aromatic hydroxyl groups is 1. The van der Waals surface area contributed by atoms with Gasteiger partial charge < -0.3 is 10.0 Å². The van der Waals surface area contributed by atoms with Crippen molar-refractivity contribution in [3.05, 3.63) is 29.3 Å². The van der Waals surface area contributed by atoms with Crippen molar-refractivity contribution in [1.82, 2.24) is 9.80 Å². The van der Waals surface area contributed by atoms with Gasteiger partial charge in [-0.3, -0.25) is 9.69 Å². The topological polar surface area (TPSA) is 43.8 Å². The molecule has 1 heterocycles. The lowest BCUT2D eigenvalue weighted by molar-refractivity contribution is 0.0642. The fraction of sp³-hybridized carbons (Fsp3) is 0.500. The van der Waals surface area contributed by atoms with Crippen molar-refractivity contribution < 1.29 is 9.90 Å². The highest BCUT2D eigenvalue weighted by Gasteiger charge is 2.23. The van der Waals surface area contributed by atoms with Crippen molar-refractivity contribution in [1.29, 1.82) is 0 Å². The van der Waals surface area contributed by atoms with Gasteiger partial charge in [0.05, 0.1) is 5.56 Å². The number of hydrogen-bond donors (Lipinski definition) is 1. The van der Waals surface area contributed by atoms with Gasteiger partial charge in [-0.15, -0.1) is 0 Å². The Balaban J connectivity index is 2.03. The Bertz CT molecular complexity index is 457. The van der Waals surface area contributed by atoms with Crippen molar-refractivity contribution in [2.45, 2.75) is 6.92 Å². The van der Waals surface area contributed by atoms with E-state index in [2.05, 4.69) is 20.8 Å². The van der Waals surface area contributed by atoms with E-state index in [0.29, 0.717) is 5.56 Å². The van der Waals surface area contributed by atoms with Crippen LogP contribution in [0.5, 0.6) is 5.75 Å². The molecule has 104 valence electrons. The predicted molar refractivity (Wildman–Crippen MR) is 79.0 cm³/mol. The number of carbonyl (C=O) groups excluding carboxylic acids is 1. The molecule has 1 aliphatic rings. The number of benzene rings is 1. The minimum absolute atomic E-state index is 0.0697. The number of piperazine rings is 1. The molecule has 5 heteroatoms. The summed E-state index contributed by atoms with van der Waals surface area (Å²) in [5.41, 5.74) is 1.15. The van der Waals surface area contributed by atoms with Crippen LogP contribution in [0, 0.1) is 6.92 Å². The first-order valence-electron chi connectivity index (χ1n) is 6.49. The van der Waals surface area contributed by atoms with E-state index in [1.807, 2.05) is 11.0 Å². The number of para-hydroxylation sites is 1. The van der Waals surface area contributed by atoms with E-state index in [1.165, 1.54) is 0 Å². The van der Waals surface area contributed by atoms with Gasteiger partial charge in [-0.25, -0.2) is 0 Å². The zero-order chi connectivity index (χ0) is 13.8. The number of amides is 1. The molecule has 0 aliphatic carbocycles. The second-order valence-corrected chi connectivity index (χ2v) is 5.59. The number of alkyl halides is 1. The number of nitrogens with zero attached hydrogens (tertiary/aromatic N) is 2. The highest BCUT2D eigenvalue weighted by molar-refractivity contribution is 9.09. The summed E-state index contributed by atoms with van der Waals surface area (Å²) in [6.07, 6.45) is 0. The van der Waals surface area contributed by atoms with E-state index in [1.54, 1.807) is 19.1 Å². The van der Waals surface area contributed by atoms with Crippen LogP contribution in [0.2, 0.25) is 0 Å². The number of aryl methyl sites for hydroxylation is 1. The summed E-state index contributed by atoms with van der Waals surface area (Å²) in [5.74, 6) is 0.0371. The molecule has 1 fully saturated rings. The number of carbonyl (C=O) groups is 1. The number of halogens is 1. The minimum atomic E-state index is -0.0697. The first kappa shape index (κ1) is 14.3. The average molecular weight is 327 g/mol. The van der Waals surface area contributed by atoms with Crippen LogP contribution in [0.15, 0.2) is 18.2 Å². The van der Waals surface area contributed by atoms with E-state index in [9.17, 15) is 9.90 Å². The molecule has 1 saturated heterocycles. The number of hydrogen-bond acceptors (Lipinski definition) is 3. The van der Waals surface area contributed by atoms with Gasteiger partial charge in [0.25, 0.3) is 5.91 Å². The first-order valence-corrected chi connectivity index (χ1v) is 7.62. The predicted octanol–water partition coefficient (Wildman–Crippen LogP) is 1.85. The summed E-state index contributed by atoms with van der Waals surface area (Å²) >= 11 is 3.43. The van der Waals surface area contributed by atoms with Gasteiger partial charge in [0.2, 0.25) is 0 Å². The van der Waals surface area contributed by atoms with Crippen LogP contribution in [-0.4, -0.2) is 58.9 Å². The van der Waals surface area contributed by atoms with E-state index in [4.69, 9.17) is 0 Å². The van der Waals surface area contributed by atoms with Crippen molar-refractivity contribution in [2.75, 3.05) is 38.1 Å². The summed E-state index contributed by atoms with van der Waals surface area (Å²) in [4.78, 5) is 16.5. The lowest BCUT2D eigenvalue weighted by Gasteiger charge is -2.34. The third kappa shape index (κ3) is 3.28. The third-order valence-electron chi connectivity index (χ3n) is 3.53. The van der Waals surface area contributed by atoms with Crippen LogP contribution < -0.4 is 0 Å². The molecular formula is C14H19BrN2O2. The maximum absolute atomic E-state index is 12.4. The normalized spacial score (nSPS) is 16.6. The fourth-order valence-electron chi connectivity index (χ4n) is 2.30. The Kier molecular flexibility index (Phi) is 4.82. The van der Waals surface area contributed by atoms with Crippen molar-refractivity contribution in [2.24, 2.45) is 0 Å². The standard InChI is InChI=1S/C14H19BrN2O2/c1-11-3-2-4-12(13(11)18)14(19)17-9-7-16(6-5-15)8-10-17/h2-4,18H,5-10H2,1H3. The highest BCUT2D eigenvalue weighted by atomic mass is 79.9. The van der Waals surface area contributed by atoms with Gasteiger partial charge in [-0.1, -0.05) is 28.1 Å². The summed E-state index contributed by atoms with van der Waals surface area (Å²) in [5, 5.41) is 10.9. The summed E-state index contributed by atoms with van der Waals surface area (Å²) < 4.78 is 0. The van der Waals surface area contributed by atoms with Crippen molar-refractivity contribution in [3.8, 4) is 5.75 Å². The minimum Gasteiger partial charge on any atom is -0.507 e. The molecule has 1 N–H and O–H groups in total. The monoisotopic (exact) mass is 326 g/mol. The molecule has 2 rings (SSSR count). The molecule has 0 aromatic heterocycles. The smallest absolute Gasteiger partial charge is 0.257 e. The van der Waals surface area contributed by atoms with Gasteiger partial charge in [0, 0.05) is 38.1 Å². The Labute approximate surface area is 122 Å². The third-order valence-corrected chi connectivity index (χ3v) is 3.88. The summed E-state index contributed by atoms with van der Waals surface area (Å²) in [7, 11) is 0.